The number of carboxylic acids is 1. The molecule has 0 fully saturated rings. The minimum atomic E-state index is -5.41. The quantitative estimate of drug-likeness (QED) is 0.110. The molecule has 0 radical (unpaired) electrons. The Balaban J connectivity index is 1.73. The molecule has 0 aliphatic heterocycles. The van der Waals surface area contributed by atoms with Gasteiger partial charge in [0.2, 0.25) is 11.8 Å². The maximum absolute atomic E-state index is 13.3. The Morgan fingerprint density at radius 3 is 2.13 bits per heavy atom. The fraction of sp³-hybridized carbons (Fsp3) is 0.290. The van der Waals surface area contributed by atoms with Crippen molar-refractivity contribution in [1.29, 1.82) is 0 Å². The van der Waals surface area contributed by atoms with E-state index in [0.29, 0.717) is 18.8 Å². The van der Waals surface area contributed by atoms with Crippen molar-refractivity contribution in [1.82, 2.24) is 15.6 Å². The fourth-order valence-electron chi connectivity index (χ4n) is 4.17. The standard InChI is InChI=1S/C31H31F3N4O7/c32-31(33,34)30(44)45-28(42)19-24(22-13-11-21(12-14-22)20-7-2-1-3-8-20)38-29(43)23(15-16-27(40)41)37-26(39)10-6-18-36-25-9-4-5-17-35-25/h1-5,7-9,11-14,17,23-24H,6,10,15-16,18-19H2,(H,35,36)(H,37,39)(H,38,43)(H,40,41)/t23-,24?/m1/s1. The molecule has 4 N–H and O–H groups in total. The average Bonchev–Trinajstić information content (AvgIpc) is 3.01. The number of ether oxygens (including phenoxy) is 1. The Labute approximate surface area is 256 Å². The number of aliphatic carboxylic acids is 1. The summed E-state index contributed by atoms with van der Waals surface area (Å²) in [6.45, 7) is 0.385. The third kappa shape index (κ3) is 11.7. The van der Waals surface area contributed by atoms with Crippen molar-refractivity contribution in [2.24, 2.45) is 0 Å². The molecule has 11 nitrogen and oxygen atoms in total. The number of pyridine rings is 1. The molecule has 14 heteroatoms. The van der Waals surface area contributed by atoms with Gasteiger partial charge in [-0.3, -0.25) is 19.2 Å². The van der Waals surface area contributed by atoms with E-state index in [4.69, 9.17) is 5.11 Å². The number of carbonyl (C=O) groups is 5. The van der Waals surface area contributed by atoms with Crippen LogP contribution in [-0.4, -0.2) is 58.6 Å². The SMILES string of the molecule is O=C(O)CC[C@@H](NC(=O)CCCNc1ccccn1)C(=O)NC(CC(=O)OC(=O)C(F)(F)F)c1ccc(-c2ccccc2)cc1. The molecule has 3 rings (SSSR count). The van der Waals surface area contributed by atoms with Crippen LogP contribution in [0.5, 0.6) is 0 Å². The molecule has 3 aromatic rings. The lowest BCUT2D eigenvalue weighted by Crippen LogP contribution is -2.48. The summed E-state index contributed by atoms with van der Waals surface area (Å²) in [7, 11) is 0. The van der Waals surface area contributed by atoms with Crippen molar-refractivity contribution >= 4 is 35.5 Å². The second-order valence-electron chi connectivity index (χ2n) is 9.81. The van der Waals surface area contributed by atoms with Crippen LogP contribution in [0.4, 0.5) is 19.0 Å². The number of carboxylic acid groups (broad SMARTS) is 1. The molecule has 2 aromatic carbocycles. The lowest BCUT2D eigenvalue weighted by Gasteiger charge is -2.23. The monoisotopic (exact) mass is 628 g/mol. The molecule has 2 atom stereocenters. The van der Waals surface area contributed by atoms with Crippen molar-refractivity contribution in [3.63, 3.8) is 0 Å². The summed E-state index contributed by atoms with van der Waals surface area (Å²) in [5.41, 5.74) is 1.90. The second kappa shape index (κ2) is 16.5. The van der Waals surface area contributed by atoms with E-state index in [1.165, 1.54) is 12.1 Å². The Morgan fingerprint density at radius 1 is 0.844 bits per heavy atom. The van der Waals surface area contributed by atoms with Gasteiger partial charge in [-0.1, -0.05) is 60.7 Å². The summed E-state index contributed by atoms with van der Waals surface area (Å²) in [6, 6.07) is 18.2. The smallest absolute Gasteiger partial charge is 0.481 e. The predicted octanol–water partition coefficient (Wildman–Crippen LogP) is 4.17. The summed E-state index contributed by atoms with van der Waals surface area (Å²) in [5.74, 6) is -6.33. The van der Waals surface area contributed by atoms with Crippen LogP contribution in [0, 0.1) is 0 Å². The van der Waals surface area contributed by atoms with Crippen LogP contribution < -0.4 is 16.0 Å². The van der Waals surface area contributed by atoms with Gasteiger partial charge in [-0.05, 0) is 41.7 Å². The maximum Gasteiger partial charge on any atom is 0.491 e. The first kappa shape index (κ1) is 34.2. The van der Waals surface area contributed by atoms with Gasteiger partial charge in [0, 0.05) is 25.6 Å². The molecule has 0 bridgehead atoms. The van der Waals surface area contributed by atoms with Gasteiger partial charge in [0.25, 0.3) is 0 Å². The van der Waals surface area contributed by atoms with Gasteiger partial charge in [-0.2, -0.15) is 13.2 Å². The van der Waals surface area contributed by atoms with Gasteiger partial charge in [0.1, 0.15) is 11.9 Å². The number of nitrogens with one attached hydrogen (secondary N) is 3. The van der Waals surface area contributed by atoms with Crippen molar-refractivity contribution in [2.45, 2.75) is 50.4 Å². The van der Waals surface area contributed by atoms with Gasteiger partial charge in [0.05, 0.1) is 12.5 Å². The number of benzene rings is 2. The highest BCUT2D eigenvalue weighted by atomic mass is 19.4. The second-order valence-corrected chi connectivity index (χ2v) is 9.81. The third-order valence-corrected chi connectivity index (χ3v) is 6.40. The van der Waals surface area contributed by atoms with Gasteiger partial charge in [0.15, 0.2) is 0 Å². The molecule has 45 heavy (non-hydrogen) atoms. The predicted molar refractivity (Wildman–Crippen MR) is 155 cm³/mol. The van der Waals surface area contributed by atoms with Gasteiger partial charge in [-0.15, -0.1) is 0 Å². The molecule has 0 aliphatic carbocycles. The number of nitrogens with zero attached hydrogens (tertiary/aromatic N) is 1. The molecule has 238 valence electrons. The lowest BCUT2D eigenvalue weighted by atomic mass is 9.98. The first-order valence-electron chi connectivity index (χ1n) is 13.9. The number of hydrogen-bond donors (Lipinski definition) is 4. The Kier molecular flexibility index (Phi) is 12.6. The molecule has 1 unspecified atom stereocenters. The minimum absolute atomic E-state index is 0.0209. The van der Waals surface area contributed by atoms with Crippen molar-refractivity contribution < 1.29 is 47.0 Å². The number of anilines is 1. The first-order valence-corrected chi connectivity index (χ1v) is 13.9. The number of amides is 2. The first-order chi connectivity index (χ1) is 21.4. The largest absolute Gasteiger partial charge is 0.491 e. The normalized spacial score (nSPS) is 12.3. The fourth-order valence-corrected chi connectivity index (χ4v) is 4.17. The zero-order valence-electron chi connectivity index (χ0n) is 23.9. The van der Waals surface area contributed by atoms with E-state index >= 15 is 0 Å². The van der Waals surface area contributed by atoms with Crippen LogP contribution in [0.1, 0.15) is 43.7 Å². The molecule has 0 saturated carbocycles. The van der Waals surface area contributed by atoms with E-state index < -0.39 is 60.8 Å². The summed E-state index contributed by atoms with van der Waals surface area (Å²) < 4.78 is 41.9. The number of rotatable bonds is 15. The van der Waals surface area contributed by atoms with Crippen molar-refractivity contribution in [3.05, 3.63) is 84.6 Å². The molecular weight excluding hydrogens is 597 g/mol. The van der Waals surface area contributed by atoms with Crippen LogP contribution in [-0.2, 0) is 28.7 Å². The highest BCUT2D eigenvalue weighted by molar-refractivity contribution is 5.90. The molecule has 1 heterocycles. The Bertz CT molecular complexity index is 1450. The number of carbonyl (C=O) groups excluding carboxylic acids is 4. The van der Waals surface area contributed by atoms with Crippen LogP contribution >= 0.6 is 0 Å². The van der Waals surface area contributed by atoms with Crippen LogP contribution in [0.15, 0.2) is 79.0 Å². The van der Waals surface area contributed by atoms with E-state index in [1.807, 2.05) is 30.3 Å². The number of alkyl halides is 3. The van der Waals surface area contributed by atoms with Crippen LogP contribution in [0.2, 0.25) is 0 Å². The summed E-state index contributed by atoms with van der Waals surface area (Å²) in [6.07, 6.45) is -5.15. The Morgan fingerprint density at radius 2 is 1.51 bits per heavy atom. The van der Waals surface area contributed by atoms with Gasteiger partial charge >= 0.3 is 24.1 Å². The molecule has 0 saturated heterocycles. The lowest BCUT2D eigenvalue weighted by molar-refractivity contribution is -0.202. The molecule has 0 aliphatic rings. The molecule has 1 aromatic heterocycles. The summed E-state index contributed by atoms with van der Waals surface area (Å²) in [4.78, 5) is 64.8. The zero-order chi connectivity index (χ0) is 32.8. The van der Waals surface area contributed by atoms with E-state index in [-0.39, 0.29) is 18.4 Å². The number of halogens is 3. The van der Waals surface area contributed by atoms with Crippen molar-refractivity contribution in [2.75, 3.05) is 11.9 Å². The van der Waals surface area contributed by atoms with Crippen LogP contribution in [0.25, 0.3) is 11.1 Å². The minimum Gasteiger partial charge on any atom is -0.481 e. The average molecular weight is 629 g/mol. The number of hydrogen-bond acceptors (Lipinski definition) is 8. The summed E-state index contributed by atoms with van der Waals surface area (Å²) in [5, 5.41) is 17.2. The maximum atomic E-state index is 13.3. The van der Waals surface area contributed by atoms with Gasteiger partial charge in [-0.25, -0.2) is 9.78 Å². The summed E-state index contributed by atoms with van der Waals surface area (Å²) >= 11 is 0. The topological polar surface area (TPSA) is 164 Å². The zero-order valence-corrected chi connectivity index (χ0v) is 23.9. The highest BCUT2D eigenvalue weighted by Crippen LogP contribution is 2.25. The molecule has 0 spiro atoms. The van der Waals surface area contributed by atoms with E-state index in [1.54, 1.807) is 36.5 Å². The van der Waals surface area contributed by atoms with E-state index in [0.717, 1.165) is 11.1 Å². The Hall–Kier alpha value is -5.27. The third-order valence-electron chi connectivity index (χ3n) is 6.40. The number of esters is 2. The van der Waals surface area contributed by atoms with E-state index in [9.17, 15) is 37.1 Å². The van der Waals surface area contributed by atoms with Crippen LogP contribution in [0.3, 0.4) is 0 Å². The molecule has 2 amide bonds. The highest BCUT2D eigenvalue weighted by Gasteiger charge is 2.42. The van der Waals surface area contributed by atoms with Crippen molar-refractivity contribution in [3.8, 4) is 11.1 Å². The van der Waals surface area contributed by atoms with Gasteiger partial charge < -0.3 is 25.8 Å². The number of aromatic nitrogens is 1. The van der Waals surface area contributed by atoms with E-state index in [2.05, 4.69) is 25.7 Å². The molecular formula is C31H31F3N4O7.